The Hall–Kier alpha value is -5.07. The van der Waals surface area contributed by atoms with E-state index in [-0.39, 0.29) is 48.1 Å². The van der Waals surface area contributed by atoms with Gasteiger partial charge in [-0.1, -0.05) is 92.1 Å². The van der Waals surface area contributed by atoms with Gasteiger partial charge in [0, 0.05) is 49.5 Å². The maximum absolute atomic E-state index is 13.9. The third-order valence-corrected chi connectivity index (χ3v) is 12.8. The summed E-state index contributed by atoms with van der Waals surface area (Å²) in [6, 6.07) is 31.8. The summed E-state index contributed by atoms with van der Waals surface area (Å²) in [6.45, 7) is 7.17. The molecule has 3 aliphatic rings. The predicted molar refractivity (Wildman–Crippen MR) is 248 cm³/mol. The van der Waals surface area contributed by atoms with Crippen molar-refractivity contribution in [1.82, 2.24) is 15.5 Å². The number of anilines is 2. The number of carbonyl (C=O) groups excluding carboxylic acids is 3. The Kier molecular flexibility index (Phi) is 15.7. The first kappa shape index (κ1) is 45.9. The van der Waals surface area contributed by atoms with Gasteiger partial charge >= 0.3 is 0 Å². The lowest BCUT2D eigenvalue weighted by Crippen LogP contribution is -2.61. The van der Waals surface area contributed by atoms with Gasteiger partial charge in [-0.05, 0) is 117 Å². The summed E-state index contributed by atoms with van der Waals surface area (Å²) >= 11 is 0. The Balaban J connectivity index is 0.999. The Labute approximate surface area is 373 Å². The van der Waals surface area contributed by atoms with Gasteiger partial charge in [-0.15, -0.1) is 0 Å². The van der Waals surface area contributed by atoms with Crippen LogP contribution in [0.25, 0.3) is 11.1 Å². The fourth-order valence-electron chi connectivity index (χ4n) is 9.58. The summed E-state index contributed by atoms with van der Waals surface area (Å²) in [4.78, 5) is 41.5. The number of nitrogens with one attached hydrogen (secondary N) is 3. The molecule has 6 atom stereocenters. The van der Waals surface area contributed by atoms with Crippen molar-refractivity contribution in [3.05, 3.63) is 119 Å². The van der Waals surface area contributed by atoms with Crippen LogP contribution in [-0.2, 0) is 37.0 Å². The predicted octanol–water partition coefficient (Wildman–Crippen LogP) is 9.12. The Morgan fingerprint density at radius 2 is 1.49 bits per heavy atom. The molecule has 0 aromatic heterocycles. The summed E-state index contributed by atoms with van der Waals surface area (Å²) in [5.74, 6) is 0.593. The van der Waals surface area contributed by atoms with Crippen molar-refractivity contribution in [3.63, 3.8) is 0 Å². The topological polar surface area (TPSA) is 155 Å². The molecule has 0 unspecified atom stereocenters. The van der Waals surface area contributed by atoms with Gasteiger partial charge in [-0.25, -0.2) is 0 Å². The molecule has 11 nitrogen and oxygen atoms in total. The second-order valence-corrected chi connectivity index (χ2v) is 18.8. The average molecular weight is 858 g/mol. The maximum Gasteiger partial charge on any atom is 0.237 e. The largest absolute Gasteiger partial charge is 0.397 e. The monoisotopic (exact) mass is 858 g/mol. The highest BCUT2D eigenvalue weighted by Crippen LogP contribution is 2.42. The van der Waals surface area contributed by atoms with Crippen LogP contribution in [0.15, 0.2) is 97.1 Å². The molecule has 0 spiro atoms. The van der Waals surface area contributed by atoms with E-state index in [4.69, 9.17) is 15.2 Å². The molecule has 4 aromatic rings. The summed E-state index contributed by atoms with van der Waals surface area (Å²) in [5, 5.41) is 19.0. The number of amides is 3. The fourth-order valence-corrected chi connectivity index (χ4v) is 9.58. The van der Waals surface area contributed by atoms with Crippen LogP contribution in [0.2, 0.25) is 0 Å². The first-order chi connectivity index (χ1) is 30.4. The summed E-state index contributed by atoms with van der Waals surface area (Å²) < 4.78 is 13.8. The fraction of sp³-hybridized carbons (Fsp3) is 0.481. The molecular weight excluding hydrogens is 791 g/mol. The summed E-state index contributed by atoms with van der Waals surface area (Å²) in [5.41, 5.74) is 12.6. The molecule has 336 valence electrons. The minimum Gasteiger partial charge on any atom is -0.397 e. The number of fused-ring (bicyclic) bond motifs is 1. The van der Waals surface area contributed by atoms with Crippen molar-refractivity contribution < 1.29 is 29.0 Å². The molecule has 7 rings (SSSR count). The van der Waals surface area contributed by atoms with Crippen LogP contribution < -0.4 is 21.7 Å². The van der Waals surface area contributed by atoms with Crippen LogP contribution in [0.3, 0.4) is 0 Å². The minimum absolute atomic E-state index is 0.0182. The lowest BCUT2D eigenvalue weighted by atomic mass is 9.75. The number of benzene rings is 4. The van der Waals surface area contributed by atoms with Crippen molar-refractivity contribution in [2.45, 2.75) is 147 Å². The zero-order valence-corrected chi connectivity index (χ0v) is 37.3. The molecule has 63 heavy (non-hydrogen) atoms. The van der Waals surface area contributed by atoms with E-state index in [1.54, 1.807) is 12.1 Å². The number of piperidine rings is 1. The van der Waals surface area contributed by atoms with E-state index >= 15 is 0 Å². The molecule has 3 fully saturated rings. The van der Waals surface area contributed by atoms with Crippen LogP contribution >= 0.6 is 0 Å². The summed E-state index contributed by atoms with van der Waals surface area (Å²) in [7, 11) is 0. The van der Waals surface area contributed by atoms with Gasteiger partial charge in [0.2, 0.25) is 17.7 Å². The molecule has 11 heteroatoms. The molecule has 2 heterocycles. The van der Waals surface area contributed by atoms with Crippen LogP contribution in [0.1, 0.15) is 132 Å². The van der Waals surface area contributed by atoms with Crippen molar-refractivity contribution >= 4 is 29.1 Å². The van der Waals surface area contributed by atoms with Crippen molar-refractivity contribution in [2.24, 2.45) is 5.92 Å². The second kappa shape index (κ2) is 21.5. The zero-order chi connectivity index (χ0) is 44.3. The smallest absolute Gasteiger partial charge is 0.237 e. The molecular formula is C52H67N5O6. The molecule has 6 N–H and O–H groups in total. The van der Waals surface area contributed by atoms with Gasteiger partial charge in [0.1, 0.15) is 0 Å². The lowest BCUT2D eigenvalue weighted by Gasteiger charge is -2.50. The molecule has 1 saturated carbocycles. The first-order valence-corrected chi connectivity index (χ1v) is 23.1. The number of aliphatic hydroxyl groups is 1. The quantitative estimate of drug-likeness (QED) is 0.0552. The Morgan fingerprint density at radius 1 is 0.762 bits per heavy atom. The normalized spacial score (nSPS) is 22.7. The molecule has 0 radical (unpaired) electrons. The first-order valence-electron chi connectivity index (χ1n) is 23.1. The van der Waals surface area contributed by atoms with Crippen LogP contribution in [0.4, 0.5) is 11.4 Å². The Morgan fingerprint density at radius 3 is 2.25 bits per heavy atom. The van der Waals surface area contributed by atoms with Gasteiger partial charge in [0.15, 0.2) is 6.29 Å². The second-order valence-electron chi connectivity index (χ2n) is 18.8. The van der Waals surface area contributed by atoms with Crippen LogP contribution in [0.5, 0.6) is 0 Å². The molecule has 2 saturated heterocycles. The standard InChI is InChI=1S/C52H67N5O6/c1-52(2,3)56-50(61)46-28-27-37-14-7-10-20-45(37)57(46)33-42-31-47(38-25-23-35(34-58)24-26-38)63-51(62-42)41-17-12-16-40(30-41)39-15-11-13-36(29-39)32-54-48(59)21-5-4-6-22-49(60)55-44-19-9-8-18-43(44)53/h8-9,11-13,15-19,23-26,29-30,37,42,45-47,51,58H,4-7,10,14,20-22,27-28,31-34,53H2,1-3H3,(H,54,59)(H,55,60)(H,56,61)/t37-,42-,45-,46-,47+,51+/m1/s1. The van der Waals surface area contributed by atoms with Gasteiger partial charge in [-0.2, -0.15) is 0 Å². The van der Waals surface area contributed by atoms with Gasteiger partial charge < -0.3 is 36.3 Å². The number of ether oxygens (including phenoxy) is 2. The number of hydrogen-bond acceptors (Lipinski definition) is 8. The number of nitrogens with two attached hydrogens (primary N) is 1. The number of nitrogen functional groups attached to an aromatic ring is 1. The van der Waals surface area contributed by atoms with Crippen LogP contribution in [-0.4, -0.2) is 58.0 Å². The highest BCUT2D eigenvalue weighted by Gasteiger charge is 2.44. The van der Waals surface area contributed by atoms with Gasteiger partial charge in [0.05, 0.1) is 36.2 Å². The number of hydrogen-bond donors (Lipinski definition) is 5. The SMILES string of the molecule is CC(C)(C)NC(=O)[C@H]1CC[C@H]2CCCC[C@H]2N1C[C@H]1C[C@@H](c2ccc(CO)cc2)O[C@@H](c2cccc(-c3cccc(CNC(=O)CCCCCC(=O)Nc4ccccc4N)c3)c2)O1. The average Bonchev–Trinajstić information content (AvgIpc) is 3.28. The van der Waals surface area contributed by atoms with E-state index < -0.39 is 6.29 Å². The summed E-state index contributed by atoms with van der Waals surface area (Å²) in [6.07, 6.45) is 9.18. The van der Waals surface area contributed by atoms with Crippen molar-refractivity contribution in [1.29, 1.82) is 0 Å². The van der Waals surface area contributed by atoms with E-state index in [0.717, 1.165) is 59.1 Å². The van der Waals surface area contributed by atoms with E-state index in [0.29, 0.717) is 68.5 Å². The molecule has 1 aliphatic carbocycles. The van der Waals surface area contributed by atoms with Crippen LogP contribution in [0, 0.1) is 5.92 Å². The van der Waals surface area contributed by atoms with E-state index in [2.05, 4.69) is 51.2 Å². The highest BCUT2D eigenvalue weighted by molar-refractivity contribution is 5.93. The van der Waals surface area contributed by atoms with E-state index in [1.165, 1.54) is 19.3 Å². The number of unbranched alkanes of at least 4 members (excludes halogenated alkanes) is 2. The van der Waals surface area contributed by atoms with Gasteiger partial charge in [-0.3, -0.25) is 19.3 Å². The van der Waals surface area contributed by atoms with Crippen molar-refractivity contribution in [3.8, 4) is 11.1 Å². The van der Waals surface area contributed by atoms with E-state index in [9.17, 15) is 19.5 Å². The third kappa shape index (κ3) is 12.8. The third-order valence-electron chi connectivity index (χ3n) is 12.8. The Bertz CT molecular complexity index is 2150. The zero-order valence-electron chi connectivity index (χ0n) is 37.3. The highest BCUT2D eigenvalue weighted by atomic mass is 16.7. The molecule has 2 aliphatic heterocycles. The number of nitrogens with zero attached hydrogens (tertiary/aromatic N) is 1. The number of rotatable bonds is 16. The molecule has 3 amide bonds. The minimum atomic E-state index is -0.639. The van der Waals surface area contributed by atoms with Crippen molar-refractivity contribution in [2.75, 3.05) is 17.6 Å². The van der Waals surface area contributed by atoms with Gasteiger partial charge in [0.25, 0.3) is 0 Å². The van der Waals surface area contributed by atoms with E-state index in [1.807, 2.05) is 75.4 Å². The number of carbonyl (C=O) groups is 3. The maximum atomic E-state index is 13.9. The molecule has 0 bridgehead atoms. The molecule has 4 aromatic carbocycles. The number of para-hydroxylation sites is 2. The lowest BCUT2D eigenvalue weighted by molar-refractivity contribution is -0.255. The number of likely N-dealkylation sites (tertiary alicyclic amines) is 1. The number of aliphatic hydroxyl groups excluding tert-OH is 1.